The summed E-state index contributed by atoms with van der Waals surface area (Å²) in [5.41, 5.74) is 0.675. The largest absolute Gasteiger partial charge is 0.379 e. The van der Waals surface area contributed by atoms with E-state index in [0.717, 1.165) is 9.61 Å². The van der Waals surface area contributed by atoms with Crippen LogP contribution in [0.3, 0.4) is 0 Å². The van der Waals surface area contributed by atoms with E-state index in [4.69, 9.17) is 0 Å². The number of rotatable bonds is 2. The second kappa shape index (κ2) is 4.06. The lowest BCUT2D eigenvalue weighted by molar-refractivity contribution is 0.215. The quantitative estimate of drug-likeness (QED) is 0.925. The number of aromatic nitrogens is 2. The average Bonchev–Trinajstić information content (AvgIpc) is 2.73. The Kier molecular flexibility index (Phi) is 2.96. The number of hydrogen-bond acceptors (Lipinski definition) is 5. The third-order valence-corrected chi connectivity index (χ3v) is 4.04. The van der Waals surface area contributed by atoms with Gasteiger partial charge in [-0.3, -0.25) is 0 Å². The van der Waals surface area contributed by atoms with E-state index in [0.29, 0.717) is 10.7 Å². The second-order valence-corrected chi connectivity index (χ2v) is 5.47. The molecular weight excluding hydrogens is 284 g/mol. The first kappa shape index (κ1) is 10.2. The van der Waals surface area contributed by atoms with Crippen LogP contribution < -0.4 is 0 Å². The van der Waals surface area contributed by atoms with E-state index in [1.807, 2.05) is 17.7 Å². The summed E-state index contributed by atoms with van der Waals surface area (Å²) in [5, 5.41) is 15.2. The van der Waals surface area contributed by atoms with Gasteiger partial charge < -0.3 is 5.11 Å². The molecule has 1 atom stereocenters. The summed E-state index contributed by atoms with van der Waals surface area (Å²) in [4.78, 5) is 8.36. The molecule has 2 rings (SSSR count). The van der Waals surface area contributed by atoms with Crippen LogP contribution in [0.4, 0.5) is 0 Å². The van der Waals surface area contributed by atoms with E-state index < -0.39 is 6.10 Å². The fourth-order valence-electron chi connectivity index (χ4n) is 1.02. The van der Waals surface area contributed by atoms with Crippen molar-refractivity contribution in [2.24, 2.45) is 0 Å². The molecule has 0 bridgehead atoms. The van der Waals surface area contributed by atoms with E-state index in [-0.39, 0.29) is 0 Å². The molecule has 1 unspecified atom stereocenters. The Morgan fingerprint density at radius 2 is 2.14 bits per heavy atom. The van der Waals surface area contributed by atoms with E-state index in [1.54, 1.807) is 0 Å². The van der Waals surface area contributed by atoms with Gasteiger partial charge in [-0.15, -0.1) is 22.7 Å². The van der Waals surface area contributed by atoms with Crippen LogP contribution in [0.25, 0.3) is 0 Å². The third kappa shape index (κ3) is 2.03. The van der Waals surface area contributed by atoms with Crippen LogP contribution in [0.1, 0.15) is 21.8 Å². The first-order valence-electron chi connectivity index (χ1n) is 3.88. The van der Waals surface area contributed by atoms with Crippen molar-refractivity contribution in [1.82, 2.24) is 9.97 Å². The summed E-state index contributed by atoms with van der Waals surface area (Å²) in [6, 6.07) is 0. The molecule has 0 saturated carbocycles. The van der Waals surface area contributed by atoms with Gasteiger partial charge in [0.05, 0.1) is 10.7 Å². The molecule has 0 radical (unpaired) electrons. The number of halogens is 1. The molecule has 2 aromatic heterocycles. The Bertz CT molecular complexity index is 400. The van der Waals surface area contributed by atoms with Gasteiger partial charge in [0.2, 0.25) is 0 Å². The molecule has 74 valence electrons. The Morgan fingerprint density at radius 1 is 1.36 bits per heavy atom. The van der Waals surface area contributed by atoms with Crippen LogP contribution in [0.2, 0.25) is 0 Å². The van der Waals surface area contributed by atoms with Gasteiger partial charge in [0.25, 0.3) is 0 Å². The standard InChI is InChI=1S/C8H7BrN2OS2/c1-4-10-5(2-13-4)7(12)8-11-6(9)3-14-8/h2-3,7,12H,1H3. The predicted octanol–water partition coefficient (Wildman–Crippen LogP) is 2.75. The van der Waals surface area contributed by atoms with Gasteiger partial charge >= 0.3 is 0 Å². The molecule has 0 fully saturated rings. The van der Waals surface area contributed by atoms with Crippen LogP contribution in [-0.2, 0) is 0 Å². The predicted molar refractivity (Wildman–Crippen MR) is 60.7 cm³/mol. The van der Waals surface area contributed by atoms with Gasteiger partial charge in [0, 0.05) is 10.8 Å². The molecule has 0 amide bonds. The first-order valence-corrected chi connectivity index (χ1v) is 6.43. The van der Waals surface area contributed by atoms with E-state index >= 15 is 0 Å². The van der Waals surface area contributed by atoms with Crippen LogP contribution in [0.5, 0.6) is 0 Å². The summed E-state index contributed by atoms with van der Waals surface area (Å²) in [7, 11) is 0. The summed E-state index contributed by atoms with van der Waals surface area (Å²) in [6.45, 7) is 1.92. The van der Waals surface area contributed by atoms with Crippen LogP contribution in [0, 0.1) is 6.92 Å². The first-order chi connectivity index (χ1) is 6.66. The molecule has 2 aromatic rings. The van der Waals surface area contributed by atoms with Gasteiger partial charge in [-0.2, -0.15) is 0 Å². The average molecular weight is 291 g/mol. The minimum Gasteiger partial charge on any atom is -0.379 e. The molecular formula is C8H7BrN2OS2. The Hall–Kier alpha value is -0.300. The third-order valence-electron chi connectivity index (χ3n) is 1.64. The van der Waals surface area contributed by atoms with Gasteiger partial charge in [0.15, 0.2) is 0 Å². The molecule has 6 heteroatoms. The molecule has 2 heterocycles. The maximum Gasteiger partial charge on any atom is 0.148 e. The SMILES string of the molecule is Cc1nc(C(O)c2nc(Br)cs2)cs1. The number of aliphatic hydroxyl groups is 1. The minimum atomic E-state index is -0.698. The van der Waals surface area contributed by atoms with E-state index in [9.17, 15) is 5.11 Å². The van der Waals surface area contributed by atoms with Gasteiger partial charge in [-0.05, 0) is 22.9 Å². The zero-order chi connectivity index (χ0) is 10.1. The lowest BCUT2D eigenvalue weighted by Crippen LogP contribution is -1.99. The van der Waals surface area contributed by atoms with Crippen LogP contribution in [0.15, 0.2) is 15.4 Å². The maximum absolute atomic E-state index is 9.89. The summed E-state index contributed by atoms with van der Waals surface area (Å²) in [5.74, 6) is 0. The van der Waals surface area contributed by atoms with Crippen molar-refractivity contribution in [3.05, 3.63) is 31.1 Å². The highest BCUT2D eigenvalue weighted by Crippen LogP contribution is 2.27. The van der Waals surface area contributed by atoms with E-state index in [1.165, 1.54) is 22.7 Å². The topological polar surface area (TPSA) is 46.0 Å². The molecule has 0 spiro atoms. The minimum absolute atomic E-state index is 0.669. The van der Waals surface area contributed by atoms with Crippen molar-refractivity contribution in [3.8, 4) is 0 Å². The van der Waals surface area contributed by atoms with Gasteiger partial charge in [0.1, 0.15) is 15.7 Å². The molecule has 0 aliphatic heterocycles. The number of aliphatic hydroxyl groups excluding tert-OH is 1. The van der Waals surface area contributed by atoms with Crippen molar-refractivity contribution < 1.29 is 5.11 Å². The lowest BCUT2D eigenvalue weighted by atomic mass is 10.3. The summed E-state index contributed by atoms with van der Waals surface area (Å²) in [6.07, 6.45) is -0.698. The lowest BCUT2D eigenvalue weighted by Gasteiger charge is -2.01. The zero-order valence-electron chi connectivity index (χ0n) is 7.27. The van der Waals surface area contributed by atoms with Gasteiger partial charge in [-0.1, -0.05) is 0 Å². The van der Waals surface area contributed by atoms with Crippen LogP contribution in [-0.4, -0.2) is 15.1 Å². The highest BCUT2D eigenvalue weighted by Gasteiger charge is 2.16. The Balaban J connectivity index is 2.28. The van der Waals surface area contributed by atoms with Gasteiger partial charge in [-0.25, -0.2) is 9.97 Å². The number of hydrogen-bond donors (Lipinski definition) is 1. The highest BCUT2D eigenvalue weighted by molar-refractivity contribution is 9.10. The zero-order valence-corrected chi connectivity index (χ0v) is 10.5. The van der Waals surface area contributed by atoms with Crippen LogP contribution >= 0.6 is 38.6 Å². The van der Waals surface area contributed by atoms with Crippen molar-refractivity contribution in [2.75, 3.05) is 0 Å². The normalized spacial score (nSPS) is 13.1. The molecule has 0 aliphatic rings. The molecule has 14 heavy (non-hydrogen) atoms. The number of nitrogens with zero attached hydrogens (tertiary/aromatic N) is 2. The molecule has 0 aromatic carbocycles. The van der Waals surface area contributed by atoms with Crippen molar-refractivity contribution in [2.45, 2.75) is 13.0 Å². The monoisotopic (exact) mass is 290 g/mol. The maximum atomic E-state index is 9.89. The van der Waals surface area contributed by atoms with Crippen molar-refractivity contribution in [1.29, 1.82) is 0 Å². The van der Waals surface area contributed by atoms with Crippen molar-refractivity contribution in [3.63, 3.8) is 0 Å². The molecule has 1 N–H and O–H groups in total. The Labute approximate surface area is 97.6 Å². The number of aryl methyl sites for hydroxylation is 1. The number of thiazole rings is 2. The molecule has 3 nitrogen and oxygen atoms in total. The summed E-state index contributed by atoms with van der Waals surface area (Å²) < 4.78 is 0.753. The Morgan fingerprint density at radius 3 is 2.64 bits per heavy atom. The van der Waals surface area contributed by atoms with E-state index in [2.05, 4.69) is 25.9 Å². The fraction of sp³-hybridized carbons (Fsp3) is 0.250. The fourth-order valence-corrected chi connectivity index (χ4v) is 2.92. The summed E-state index contributed by atoms with van der Waals surface area (Å²) >= 11 is 6.20. The van der Waals surface area contributed by atoms with Crippen molar-refractivity contribution >= 4 is 38.6 Å². The second-order valence-electron chi connectivity index (χ2n) is 2.70. The molecule has 0 aliphatic carbocycles. The smallest absolute Gasteiger partial charge is 0.148 e. The highest BCUT2D eigenvalue weighted by atomic mass is 79.9. The molecule has 0 saturated heterocycles.